The molecule has 0 saturated carbocycles. The fourth-order valence-electron chi connectivity index (χ4n) is 4.15. The largest absolute Gasteiger partial charge is 0.460 e. The van der Waals surface area contributed by atoms with Gasteiger partial charge in [-0.3, -0.25) is 0 Å². The van der Waals surface area contributed by atoms with Crippen LogP contribution in [0.2, 0.25) is 0 Å². The first-order chi connectivity index (χ1) is 29.3. The molecule has 0 aromatic carbocycles. The van der Waals surface area contributed by atoms with E-state index in [-0.39, 0.29) is 20.8 Å². The van der Waals surface area contributed by atoms with Crippen molar-refractivity contribution in [2.75, 3.05) is 0 Å². The summed E-state index contributed by atoms with van der Waals surface area (Å²) in [6.07, 6.45) is -29.0. The van der Waals surface area contributed by atoms with Gasteiger partial charge in [0.2, 0.25) is 0 Å². The van der Waals surface area contributed by atoms with E-state index in [4.69, 9.17) is 0 Å². The van der Waals surface area contributed by atoms with Gasteiger partial charge >= 0.3 is 119 Å². The van der Waals surface area contributed by atoms with E-state index >= 15 is 0 Å². The van der Waals surface area contributed by atoms with Gasteiger partial charge in [-0.05, 0) is 20.8 Å². The van der Waals surface area contributed by atoms with E-state index in [1.165, 1.54) is 0 Å². The van der Waals surface area contributed by atoms with Gasteiger partial charge < -0.3 is 0 Å². The predicted octanol–water partition coefficient (Wildman–Crippen LogP) is 15.1. The predicted molar refractivity (Wildman–Crippen MR) is 131 cm³/mol. The number of hydrogen-bond acceptors (Lipinski definition) is 2. The summed E-state index contributed by atoms with van der Waals surface area (Å²) in [4.78, 5) is 5.94. The van der Waals surface area contributed by atoms with E-state index < -0.39 is 137 Å². The zero-order chi connectivity index (χ0) is 58.2. The summed E-state index contributed by atoms with van der Waals surface area (Å²) in [7, 11) is 0. The molecular formula is C26H12F42O2. The Labute approximate surface area is 353 Å². The molecule has 0 fully saturated rings. The molecular weight excluding hydrogens is 1140 g/mol. The molecule has 1 atom stereocenters. The van der Waals surface area contributed by atoms with Crippen LogP contribution in [0.3, 0.4) is 0 Å². The molecule has 0 heterocycles. The van der Waals surface area contributed by atoms with Gasteiger partial charge in [-0.2, -0.15) is 184 Å². The van der Waals surface area contributed by atoms with Crippen LogP contribution in [0.25, 0.3) is 0 Å². The highest BCUT2D eigenvalue weighted by Crippen LogP contribution is 2.69. The normalized spacial score (nSPS) is 17.6. The number of rotatable bonds is 21. The average molecular weight is 1150 g/mol. The molecule has 0 aliphatic heterocycles. The fraction of sp³-hybridized carbons (Fsp3) is 1.00. The van der Waals surface area contributed by atoms with Gasteiger partial charge in [-0.1, -0.05) is 0 Å². The van der Waals surface area contributed by atoms with Gasteiger partial charge in [-0.15, -0.1) is 0 Å². The van der Waals surface area contributed by atoms with Crippen LogP contribution in [0, 0.1) is 0 Å². The molecule has 1 unspecified atom stereocenters. The summed E-state index contributed by atoms with van der Waals surface area (Å²) < 4.78 is 577. The molecule has 0 aliphatic rings. The maximum atomic E-state index is 15.0. The molecule has 0 saturated heterocycles. The Morgan fingerprint density at radius 2 is 0.414 bits per heavy atom. The first kappa shape index (κ1) is 67.0. The van der Waals surface area contributed by atoms with Crippen LogP contribution in [0.4, 0.5) is 184 Å². The van der Waals surface area contributed by atoms with Crippen LogP contribution < -0.4 is 0 Å². The molecule has 44 heteroatoms. The Morgan fingerprint density at radius 1 is 0.243 bits per heavy atom. The van der Waals surface area contributed by atoms with Gasteiger partial charge in [-0.25, -0.2) is 9.78 Å². The Balaban J connectivity index is 8.11. The Bertz CT molecular complexity index is 1840. The van der Waals surface area contributed by atoms with Gasteiger partial charge in [0.25, 0.3) is 0 Å². The number of hydrogen-bond donors (Lipinski definition) is 0. The van der Waals surface area contributed by atoms with Crippen molar-refractivity contribution in [3.05, 3.63) is 0 Å². The maximum Gasteiger partial charge on any atom is 0.460 e. The average Bonchev–Trinajstić information content (AvgIpc) is 3.10. The molecule has 0 aromatic rings. The molecule has 0 bridgehead atoms. The van der Waals surface area contributed by atoms with Crippen molar-refractivity contribution < 1.29 is 194 Å². The molecule has 0 rings (SSSR count). The second-order valence-electron chi connectivity index (χ2n) is 14.5. The molecule has 0 aromatic heterocycles. The van der Waals surface area contributed by atoms with Crippen LogP contribution >= 0.6 is 0 Å². The van der Waals surface area contributed by atoms with Crippen molar-refractivity contribution in [3.8, 4) is 0 Å². The monoisotopic (exact) mass is 1150 g/mol. The van der Waals surface area contributed by atoms with Crippen molar-refractivity contribution in [2.24, 2.45) is 0 Å². The maximum absolute atomic E-state index is 15.0. The second kappa shape index (κ2) is 16.7. The van der Waals surface area contributed by atoms with Gasteiger partial charge in [0.1, 0.15) is 0 Å². The summed E-state index contributed by atoms with van der Waals surface area (Å²) in [6, 6.07) is 0. The first-order valence-electron chi connectivity index (χ1n) is 15.6. The topological polar surface area (TPSA) is 18.5 Å². The first-order valence-corrected chi connectivity index (χ1v) is 15.6. The standard InChI is InChI=1S/C26H12F42O2/c1-6(2,3)70-69-5(8(29,30)10(33,34)12(37,38)14(41,42)16(45,46)18(49,50)20(53,54)22(57,58)24(61,62)26(66,67)68)4-7(27,28)9(31,32)11(35,36)13(39,40)15(43,44)17(47,48)19(51,52)21(55,56)23(59,60)25(63,64)65/h5H,4H2,1-3H3. The smallest absolute Gasteiger partial charge is 0.230 e. The Kier molecular flexibility index (Phi) is 16.0. The quantitative estimate of drug-likeness (QED) is 0.0648. The number of halogens is 42. The van der Waals surface area contributed by atoms with Gasteiger partial charge in [0.05, 0.1) is 12.0 Å². The van der Waals surface area contributed by atoms with E-state index in [2.05, 4.69) is 9.78 Å². The molecule has 2 nitrogen and oxygen atoms in total. The van der Waals surface area contributed by atoms with Crippen LogP contribution in [-0.2, 0) is 9.78 Å². The van der Waals surface area contributed by atoms with E-state index in [0.717, 1.165) is 0 Å². The van der Waals surface area contributed by atoms with Crippen molar-refractivity contribution in [3.63, 3.8) is 0 Å². The van der Waals surface area contributed by atoms with E-state index in [1.54, 1.807) is 0 Å². The molecule has 0 spiro atoms. The molecule has 0 N–H and O–H groups in total. The Morgan fingerprint density at radius 3 is 0.600 bits per heavy atom. The highest BCUT2D eigenvalue weighted by Gasteiger charge is 3.00. The van der Waals surface area contributed by atoms with E-state index in [9.17, 15) is 184 Å². The minimum Gasteiger partial charge on any atom is -0.230 e. The third-order valence-electron chi connectivity index (χ3n) is 8.37. The van der Waals surface area contributed by atoms with Crippen molar-refractivity contribution in [1.82, 2.24) is 0 Å². The molecule has 422 valence electrons. The van der Waals surface area contributed by atoms with Crippen LogP contribution in [0.15, 0.2) is 0 Å². The van der Waals surface area contributed by atoms with Crippen LogP contribution in [-0.4, -0.2) is 131 Å². The summed E-state index contributed by atoms with van der Waals surface area (Å²) in [5.41, 5.74) is -3.03. The molecule has 0 radical (unpaired) electrons. The summed E-state index contributed by atoms with van der Waals surface area (Å²) in [5, 5.41) is 0. The van der Waals surface area contributed by atoms with Crippen molar-refractivity contribution in [2.45, 2.75) is 158 Å². The van der Waals surface area contributed by atoms with E-state index in [0.29, 0.717) is 0 Å². The lowest BCUT2D eigenvalue weighted by Crippen LogP contribution is -2.77. The van der Waals surface area contributed by atoms with Crippen LogP contribution in [0.5, 0.6) is 0 Å². The minimum atomic E-state index is -10.1. The third-order valence-corrected chi connectivity index (χ3v) is 8.37. The summed E-state index contributed by atoms with van der Waals surface area (Å²) in [6.45, 7) is 0.160. The lowest BCUT2D eigenvalue weighted by Gasteiger charge is -2.46. The fourth-order valence-corrected chi connectivity index (χ4v) is 4.15. The van der Waals surface area contributed by atoms with E-state index in [1.807, 2.05) is 0 Å². The SMILES string of the molecule is CC(C)(C)OOC(CC(F)(F)C(F)(F)C(F)(F)C(F)(F)C(F)(F)C(F)(F)C(F)(F)C(F)(F)C(F)(F)C(F)(F)F)C(F)(F)C(F)(F)C(F)(F)C(F)(F)C(F)(F)C(F)(F)C(F)(F)C(F)(F)C(F)(F)C(F)(F)F. The van der Waals surface area contributed by atoms with Crippen molar-refractivity contribution >= 4 is 0 Å². The van der Waals surface area contributed by atoms with Gasteiger partial charge in [0, 0.05) is 0 Å². The van der Waals surface area contributed by atoms with Crippen molar-refractivity contribution in [1.29, 1.82) is 0 Å². The third kappa shape index (κ3) is 8.59. The molecule has 70 heavy (non-hydrogen) atoms. The summed E-state index contributed by atoms with van der Waals surface area (Å²) in [5.74, 6) is -173. The number of alkyl halides is 42. The zero-order valence-corrected chi connectivity index (χ0v) is 31.5. The molecule has 0 aliphatic carbocycles. The highest BCUT2D eigenvalue weighted by molar-refractivity contribution is 5.21. The minimum absolute atomic E-state index is 0.0532. The van der Waals surface area contributed by atoms with Crippen LogP contribution in [0.1, 0.15) is 27.2 Å². The second-order valence-corrected chi connectivity index (χ2v) is 14.5. The van der Waals surface area contributed by atoms with Gasteiger partial charge in [0.15, 0.2) is 6.10 Å². The lowest BCUT2D eigenvalue weighted by molar-refractivity contribution is -0.485. The summed E-state index contributed by atoms with van der Waals surface area (Å²) >= 11 is 0. The highest BCUT2D eigenvalue weighted by atomic mass is 19.5. The lowest BCUT2D eigenvalue weighted by atomic mass is 9.83. The zero-order valence-electron chi connectivity index (χ0n) is 31.5. The Hall–Kier alpha value is -3.02. The molecule has 0 amide bonds.